The maximum atomic E-state index is 6.22. The maximum absolute atomic E-state index is 6.22. The summed E-state index contributed by atoms with van der Waals surface area (Å²) in [7, 11) is 0. The number of benzene rings is 20. The average molecular weight is 1760 g/mol. The Morgan fingerprint density at radius 3 is 0.781 bits per heavy atom. The van der Waals surface area contributed by atoms with Crippen molar-refractivity contribution in [3.05, 3.63) is 479 Å². The van der Waals surface area contributed by atoms with Crippen LogP contribution in [0.1, 0.15) is 0 Å². The fraction of sp³-hybridized carbons (Fsp3) is 0. The van der Waals surface area contributed by atoms with Crippen LogP contribution in [0.15, 0.2) is 492 Å². The van der Waals surface area contributed by atoms with E-state index in [0.717, 1.165) is 171 Å². The smallest absolute Gasteiger partial charge is 0.164 e. The number of hydrogen-bond acceptors (Lipinski definition) is 12. The van der Waals surface area contributed by atoms with Crippen molar-refractivity contribution in [2.45, 2.75) is 0 Å². The molecule has 12 nitrogen and oxygen atoms in total. The van der Waals surface area contributed by atoms with Gasteiger partial charge in [-0.1, -0.05) is 425 Å². The summed E-state index contributed by atoms with van der Waals surface area (Å²) in [5.41, 5.74) is 27.7. The van der Waals surface area contributed by atoms with Gasteiger partial charge in [-0.2, -0.15) is 0 Å². The Kier molecular flexibility index (Phi) is 21.4. The van der Waals surface area contributed by atoms with Crippen molar-refractivity contribution < 1.29 is 13.3 Å². The minimum atomic E-state index is 0.635. The Labute approximate surface area is 788 Å². The van der Waals surface area contributed by atoms with E-state index in [-0.39, 0.29) is 0 Å². The van der Waals surface area contributed by atoms with Crippen molar-refractivity contribution in [3.8, 4) is 169 Å². The van der Waals surface area contributed by atoms with Gasteiger partial charge in [-0.05, 0) is 143 Å². The van der Waals surface area contributed by atoms with Gasteiger partial charge in [0.2, 0.25) is 0 Å². The summed E-state index contributed by atoms with van der Waals surface area (Å²) in [5.74, 6) is 5.82. The van der Waals surface area contributed by atoms with Gasteiger partial charge in [-0.25, -0.2) is 44.9 Å². The fourth-order valence-corrected chi connectivity index (χ4v) is 18.6. The molecule has 0 saturated carbocycles. The first-order valence-electron chi connectivity index (χ1n) is 45.7. The highest BCUT2D eigenvalue weighted by Gasteiger charge is 2.23. The molecule has 6 heterocycles. The number of rotatable bonds is 15. The molecule has 0 aliphatic carbocycles. The normalized spacial score (nSPS) is 11.4. The standard InChI is InChI=1S/2C43H27N3O.C39H25N3O/c1-3-13-28(14-4-1)41-44-42(29-15-5-2-6-16-29)46-43(45-41)36-26-25-32(34-19-7-8-20-35(34)36)30-17-11-18-31(27-30)33-22-12-24-39-40(33)37-21-9-10-23-38(37)47-39;1-3-12-29(13-4-1)41-44-42(30-14-5-2-6-15-30)46-43(45-41)31-24-22-28(23-25-31)32-26-27-35(34-17-8-7-16-33(32)34)36-19-11-21-39-40(36)37-18-9-10-20-38(37)47-39;1-3-9-26(10-4-1)27-15-19-30(20-16-27)38-40-37(29-11-5-2-6-12-29)41-39(42-38)31-21-17-28(18-22-31)32-23-24-34-33-13-7-8-14-35(33)43-36(34)25-32/h2*1-27H;1-25H. The van der Waals surface area contributed by atoms with Crippen LogP contribution >= 0.6 is 0 Å². The molecule has 0 bridgehead atoms. The minimum Gasteiger partial charge on any atom is -0.456 e. The summed E-state index contributed by atoms with van der Waals surface area (Å²) in [4.78, 5) is 44.3. The lowest BCUT2D eigenvalue weighted by atomic mass is 9.90. The van der Waals surface area contributed by atoms with Crippen molar-refractivity contribution in [2.75, 3.05) is 0 Å². The van der Waals surface area contributed by atoms with Gasteiger partial charge in [0.25, 0.3) is 0 Å². The molecule has 0 atom stereocenters. The van der Waals surface area contributed by atoms with E-state index in [1.807, 2.05) is 206 Å². The average Bonchev–Trinajstić information content (AvgIpc) is 1.05. The third-order valence-corrected chi connectivity index (χ3v) is 25.3. The van der Waals surface area contributed by atoms with Crippen molar-refractivity contribution in [2.24, 2.45) is 0 Å². The van der Waals surface area contributed by atoms with E-state index >= 15 is 0 Å². The molecule has 0 saturated heterocycles. The summed E-state index contributed by atoms with van der Waals surface area (Å²) in [6.45, 7) is 0. The van der Waals surface area contributed by atoms with Crippen LogP contribution < -0.4 is 0 Å². The predicted octanol–water partition coefficient (Wildman–Crippen LogP) is 32.6. The van der Waals surface area contributed by atoms with Crippen molar-refractivity contribution in [1.82, 2.24) is 44.9 Å². The van der Waals surface area contributed by atoms with Crippen LogP contribution in [0.4, 0.5) is 0 Å². The highest BCUT2D eigenvalue weighted by Crippen LogP contribution is 2.46. The van der Waals surface area contributed by atoms with E-state index in [2.05, 4.69) is 273 Å². The first kappa shape index (κ1) is 81.6. The van der Waals surface area contributed by atoms with Crippen LogP contribution in [0, 0.1) is 0 Å². The van der Waals surface area contributed by atoms with E-state index in [9.17, 15) is 0 Å². The molecule has 0 spiro atoms. The zero-order chi connectivity index (χ0) is 90.9. The Morgan fingerprint density at radius 1 is 0.109 bits per heavy atom. The number of aromatic nitrogens is 9. The zero-order valence-electron chi connectivity index (χ0n) is 73.9. The van der Waals surface area contributed by atoms with Gasteiger partial charge >= 0.3 is 0 Å². The second-order valence-corrected chi connectivity index (χ2v) is 33.7. The summed E-state index contributed by atoms with van der Waals surface area (Å²) in [6, 6.07) is 164. The number of hydrogen-bond donors (Lipinski definition) is 0. The molecular weight excluding hydrogens is 1680 g/mol. The lowest BCUT2D eigenvalue weighted by Crippen LogP contribution is -2.00. The second-order valence-electron chi connectivity index (χ2n) is 33.7. The molecule has 0 aliphatic rings. The molecule has 6 aromatic heterocycles. The van der Waals surface area contributed by atoms with Crippen LogP contribution in [0.25, 0.3) is 257 Å². The van der Waals surface area contributed by atoms with Gasteiger partial charge in [0.05, 0.1) is 0 Å². The molecular formula is C125H79N9O3. The minimum absolute atomic E-state index is 0.635. The molecule has 0 fully saturated rings. The molecule has 26 aromatic rings. The summed E-state index contributed by atoms with van der Waals surface area (Å²) in [5, 5.41) is 11.4. The monoisotopic (exact) mass is 1750 g/mol. The highest BCUT2D eigenvalue weighted by atomic mass is 16.3. The number of furan rings is 3. The van der Waals surface area contributed by atoms with Crippen LogP contribution in [0.3, 0.4) is 0 Å². The lowest BCUT2D eigenvalue weighted by molar-refractivity contribution is 0.668. The Balaban J connectivity index is 0.000000112. The van der Waals surface area contributed by atoms with Gasteiger partial charge in [0.1, 0.15) is 33.5 Å². The zero-order valence-corrected chi connectivity index (χ0v) is 73.9. The van der Waals surface area contributed by atoms with E-state index in [4.69, 9.17) is 58.1 Å². The molecule has 0 amide bonds. The number of fused-ring (bicyclic) bond motifs is 11. The summed E-state index contributed by atoms with van der Waals surface area (Å²) >= 11 is 0. The van der Waals surface area contributed by atoms with E-state index in [0.29, 0.717) is 52.4 Å². The third-order valence-electron chi connectivity index (χ3n) is 25.3. The largest absolute Gasteiger partial charge is 0.456 e. The molecule has 12 heteroatoms. The fourth-order valence-electron chi connectivity index (χ4n) is 18.6. The molecule has 20 aromatic carbocycles. The molecule has 642 valence electrons. The van der Waals surface area contributed by atoms with Crippen LogP contribution in [0.5, 0.6) is 0 Å². The van der Waals surface area contributed by atoms with E-state index in [1.54, 1.807) is 0 Å². The second kappa shape index (κ2) is 35.9. The van der Waals surface area contributed by atoms with Gasteiger partial charge in [-0.3, -0.25) is 0 Å². The SMILES string of the molecule is c1ccc(-c2ccc(-c3nc(-c4ccccc4)nc(-c4ccc(-c5ccc6c(c5)oc5ccccc56)cc4)n3)cc2)cc1.c1ccc(-c2nc(-c3ccccc3)nc(-c3ccc(-c4ccc(-c5cccc6oc7ccccc7c56)c5ccccc45)cc3)n2)cc1.c1ccc(-c2nc(-c3ccccc3)nc(-c3ccc(-c4cccc(-c5cccc6oc7ccccc7c56)c4)c4ccccc34)n2)cc1. The Morgan fingerprint density at radius 2 is 0.350 bits per heavy atom. The van der Waals surface area contributed by atoms with Crippen molar-refractivity contribution in [3.63, 3.8) is 0 Å². The first-order chi connectivity index (χ1) is 67.9. The molecule has 26 rings (SSSR count). The third kappa shape index (κ3) is 16.1. The molecule has 0 aliphatic heterocycles. The topological polar surface area (TPSA) is 155 Å². The van der Waals surface area contributed by atoms with Gasteiger partial charge in [-0.15, -0.1) is 0 Å². The van der Waals surface area contributed by atoms with Crippen LogP contribution in [0.2, 0.25) is 0 Å². The lowest BCUT2D eigenvalue weighted by Gasteiger charge is -2.14. The van der Waals surface area contributed by atoms with Crippen LogP contribution in [-0.2, 0) is 0 Å². The first-order valence-corrected chi connectivity index (χ1v) is 45.7. The quantitative estimate of drug-likeness (QED) is 0.0959. The number of nitrogens with zero attached hydrogens (tertiary/aromatic N) is 9. The summed E-state index contributed by atoms with van der Waals surface area (Å²) in [6.07, 6.45) is 0. The Bertz CT molecular complexity index is 8880. The van der Waals surface area contributed by atoms with Crippen LogP contribution in [-0.4, -0.2) is 44.9 Å². The van der Waals surface area contributed by atoms with Gasteiger partial charge in [0.15, 0.2) is 52.4 Å². The van der Waals surface area contributed by atoms with Gasteiger partial charge in [0, 0.05) is 82.4 Å². The van der Waals surface area contributed by atoms with E-state index in [1.165, 1.54) is 33.0 Å². The van der Waals surface area contributed by atoms with Crippen molar-refractivity contribution >= 4 is 87.4 Å². The predicted molar refractivity (Wildman–Crippen MR) is 558 cm³/mol. The van der Waals surface area contributed by atoms with Crippen molar-refractivity contribution in [1.29, 1.82) is 0 Å². The highest BCUT2D eigenvalue weighted by molar-refractivity contribution is 6.17. The molecule has 0 radical (unpaired) electrons. The van der Waals surface area contributed by atoms with Gasteiger partial charge < -0.3 is 13.3 Å². The Hall–Kier alpha value is -18.7. The molecule has 0 unspecified atom stereocenters. The molecule has 137 heavy (non-hydrogen) atoms. The number of para-hydroxylation sites is 3. The molecule has 0 N–H and O–H groups in total. The summed E-state index contributed by atoms with van der Waals surface area (Å²) < 4.78 is 18.5. The maximum Gasteiger partial charge on any atom is 0.164 e. The van der Waals surface area contributed by atoms with E-state index < -0.39 is 0 Å².